The molecule has 0 radical (unpaired) electrons. The molecule has 7 heteroatoms. The minimum atomic E-state index is -1.46. The molecule has 0 spiro atoms. The Balaban J connectivity index is 1.73. The van der Waals surface area contributed by atoms with E-state index < -0.39 is 40.2 Å². The lowest BCUT2D eigenvalue weighted by molar-refractivity contribution is 0.428. The van der Waals surface area contributed by atoms with E-state index in [-0.39, 0.29) is 22.6 Å². The average Bonchev–Trinajstić information content (AvgIpc) is 2.75. The largest absolute Gasteiger partial charge is 0.240 e. The molecule has 0 bridgehead atoms. The first-order valence-corrected chi connectivity index (χ1v) is 9.82. The predicted octanol–water partition coefficient (Wildman–Crippen LogP) is 6.86. The monoisotopic (exact) mass is 418 g/mol. The Morgan fingerprint density at radius 2 is 1.33 bits per heavy atom. The highest BCUT2D eigenvalue weighted by atomic mass is 19.2. The molecular weight excluding hydrogens is 399 g/mol. The van der Waals surface area contributed by atoms with Crippen molar-refractivity contribution in [1.29, 1.82) is 0 Å². The number of benzene rings is 2. The number of rotatable bonds is 3. The number of halogens is 5. The van der Waals surface area contributed by atoms with Gasteiger partial charge in [0.15, 0.2) is 11.6 Å². The molecule has 1 aromatic heterocycles. The van der Waals surface area contributed by atoms with Crippen molar-refractivity contribution in [2.45, 2.75) is 44.9 Å². The van der Waals surface area contributed by atoms with Crippen molar-refractivity contribution in [3.05, 3.63) is 71.1 Å². The molecule has 2 aromatic carbocycles. The summed E-state index contributed by atoms with van der Waals surface area (Å²) in [5, 5.41) is 0. The molecule has 156 valence electrons. The summed E-state index contributed by atoms with van der Waals surface area (Å²) >= 11 is 0. The van der Waals surface area contributed by atoms with Crippen LogP contribution >= 0.6 is 0 Å². The molecular formula is C23H19F5N2. The summed E-state index contributed by atoms with van der Waals surface area (Å²) in [7, 11) is 0. The van der Waals surface area contributed by atoms with E-state index in [0.717, 1.165) is 43.9 Å². The van der Waals surface area contributed by atoms with Crippen LogP contribution in [0.25, 0.3) is 22.3 Å². The summed E-state index contributed by atoms with van der Waals surface area (Å²) in [6, 6.07) is 2.42. The van der Waals surface area contributed by atoms with E-state index in [1.54, 1.807) is 0 Å². The Labute approximate surface area is 170 Å². The maximum Gasteiger partial charge on any atom is 0.170 e. The highest BCUT2D eigenvalue weighted by Gasteiger charge is 2.24. The minimum absolute atomic E-state index is 0.00345. The van der Waals surface area contributed by atoms with Gasteiger partial charge in [0.05, 0.1) is 5.56 Å². The van der Waals surface area contributed by atoms with E-state index in [9.17, 15) is 22.0 Å². The molecule has 0 atom stereocenters. The fourth-order valence-corrected chi connectivity index (χ4v) is 3.91. The maximum atomic E-state index is 14.8. The Kier molecular flexibility index (Phi) is 5.54. The molecule has 30 heavy (non-hydrogen) atoms. The van der Waals surface area contributed by atoms with Gasteiger partial charge >= 0.3 is 0 Å². The van der Waals surface area contributed by atoms with E-state index in [1.165, 1.54) is 25.7 Å². The number of hydrogen-bond donors (Lipinski definition) is 0. The van der Waals surface area contributed by atoms with Gasteiger partial charge in [0.2, 0.25) is 0 Å². The van der Waals surface area contributed by atoms with E-state index >= 15 is 0 Å². The molecule has 1 aliphatic rings. The first-order chi connectivity index (χ1) is 14.4. The topological polar surface area (TPSA) is 25.8 Å². The second-order valence-corrected chi connectivity index (χ2v) is 7.64. The number of aromatic nitrogens is 2. The lowest BCUT2D eigenvalue weighted by Crippen LogP contribution is -2.09. The molecule has 3 aromatic rings. The Morgan fingerprint density at radius 1 is 0.733 bits per heavy atom. The lowest BCUT2D eigenvalue weighted by atomic mass is 9.88. The Hall–Kier alpha value is -2.83. The van der Waals surface area contributed by atoms with Gasteiger partial charge in [-0.3, -0.25) is 0 Å². The zero-order valence-electron chi connectivity index (χ0n) is 16.3. The molecule has 1 saturated carbocycles. The van der Waals surface area contributed by atoms with Gasteiger partial charge in [0.25, 0.3) is 0 Å². The average molecular weight is 418 g/mol. The summed E-state index contributed by atoms with van der Waals surface area (Å²) in [6.45, 7) is 1.21. The van der Waals surface area contributed by atoms with Crippen LogP contribution in [0, 0.1) is 36.0 Å². The molecule has 0 aliphatic heterocycles. The Bertz CT molecular complexity index is 1070. The minimum Gasteiger partial charge on any atom is -0.240 e. The zero-order valence-corrected chi connectivity index (χ0v) is 16.3. The smallest absolute Gasteiger partial charge is 0.170 e. The Morgan fingerprint density at radius 3 is 1.93 bits per heavy atom. The van der Waals surface area contributed by atoms with E-state index in [4.69, 9.17) is 0 Å². The molecule has 1 heterocycles. The van der Waals surface area contributed by atoms with Crippen molar-refractivity contribution in [2.24, 2.45) is 0 Å². The predicted molar refractivity (Wildman–Crippen MR) is 103 cm³/mol. The summed E-state index contributed by atoms with van der Waals surface area (Å²) in [6.07, 6.45) is 7.85. The van der Waals surface area contributed by atoms with Crippen molar-refractivity contribution in [3.63, 3.8) is 0 Å². The van der Waals surface area contributed by atoms with Crippen LogP contribution in [0.2, 0.25) is 0 Å². The van der Waals surface area contributed by atoms with Crippen LogP contribution < -0.4 is 0 Å². The van der Waals surface area contributed by atoms with Crippen molar-refractivity contribution >= 4 is 0 Å². The van der Waals surface area contributed by atoms with Crippen LogP contribution in [0.15, 0.2) is 30.6 Å². The highest BCUT2D eigenvalue weighted by Crippen LogP contribution is 2.35. The molecule has 1 aliphatic carbocycles. The van der Waals surface area contributed by atoms with Crippen molar-refractivity contribution in [2.75, 3.05) is 0 Å². The van der Waals surface area contributed by atoms with Crippen LogP contribution in [-0.2, 0) is 0 Å². The number of hydrogen-bond acceptors (Lipinski definition) is 2. The summed E-state index contributed by atoms with van der Waals surface area (Å²) in [4.78, 5) is 8.48. The third kappa shape index (κ3) is 3.68. The van der Waals surface area contributed by atoms with Crippen LogP contribution in [0.5, 0.6) is 0 Å². The second-order valence-electron chi connectivity index (χ2n) is 7.64. The SMILES string of the molecule is Cc1c(F)cc(-c2cc(F)c(-c3cnc(C4CCCCC4)nc3)c(F)c2F)cc1F. The normalized spacial score (nSPS) is 14.9. The van der Waals surface area contributed by atoms with Crippen LogP contribution in [0.1, 0.15) is 49.4 Å². The van der Waals surface area contributed by atoms with Gasteiger partial charge in [-0.25, -0.2) is 31.9 Å². The van der Waals surface area contributed by atoms with E-state index in [1.807, 2.05) is 0 Å². The lowest BCUT2D eigenvalue weighted by Gasteiger charge is -2.20. The third-order valence-corrected chi connectivity index (χ3v) is 5.68. The van der Waals surface area contributed by atoms with E-state index in [2.05, 4.69) is 9.97 Å². The van der Waals surface area contributed by atoms with Gasteiger partial charge in [-0.05, 0) is 43.5 Å². The second kappa shape index (κ2) is 8.13. The van der Waals surface area contributed by atoms with Gasteiger partial charge in [0.1, 0.15) is 23.3 Å². The third-order valence-electron chi connectivity index (χ3n) is 5.68. The zero-order chi connectivity index (χ0) is 21.4. The van der Waals surface area contributed by atoms with Crippen LogP contribution in [0.4, 0.5) is 22.0 Å². The standard InChI is InChI=1S/C23H19F5N2/c1-12-17(24)7-14(8-18(12)25)16-9-19(26)20(22(28)21(16)27)15-10-29-23(30-11-15)13-5-3-2-4-6-13/h7-11,13H,2-6H2,1H3. The molecule has 0 N–H and O–H groups in total. The number of nitrogens with zero attached hydrogens (tertiary/aromatic N) is 2. The fourth-order valence-electron chi connectivity index (χ4n) is 3.91. The van der Waals surface area contributed by atoms with Gasteiger partial charge in [-0.1, -0.05) is 19.3 Å². The van der Waals surface area contributed by atoms with Crippen molar-refractivity contribution in [3.8, 4) is 22.3 Å². The van der Waals surface area contributed by atoms with Crippen LogP contribution in [0.3, 0.4) is 0 Å². The van der Waals surface area contributed by atoms with Crippen molar-refractivity contribution in [1.82, 2.24) is 9.97 Å². The van der Waals surface area contributed by atoms with E-state index in [0.29, 0.717) is 5.82 Å². The summed E-state index contributed by atoms with van der Waals surface area (Å²) in [5.74, 6) is -4.96. The quantitative estimate of drug-likeness (QED) is 0.343. The molecule has 0 amide bonds. The summed E-state index contributed by atoms with van der Waals surface area (Å²) in [5.41, 5.74) is -1.73. The van der Waals surface area contributed by atoms with Crippen LogP contribution in [-0.4, -0.2) is 9.97 Å². The van der Waals surface area contributed by atoms with Gasteiger partial charge in [-0.15, -0.1) is 0 Å². The first kappa shape index (κ1) is 20.4. The first-order valence-electron chi connectivity index (χ1n) is 9.82. The molecule has 0 unspecified atom stereocenters. The van der Waals surface area contributed by atoms with Gasteiger partial charge < -0.3 is 0 Å². The van der Waals surface area contributed by atoms with Gasteiger partial charge in [-0.2, -0.15) is 0 Å². The fraction of sp³-hybridized carbons (Fsp3) is 0.304. The maximum absolute atomic E-state index is 14.8. The summed E-state index contributed by atoms with van der Waals surface area (Å²) < 4.78 is 71.9. The molecule has 4 rings (SSSR count). The van der Waals surface area contributed by atoms with Crippen molar-refractivity contribution < 1.29 is 22.0 Å². The molecule has 2 nitrogen and oxygen atoms in total. The van der Waals surface area contributed by atoms with Gasteiger partial charge in [0, 0.05) is 35.0 Å². The molecule has 0 saturated heterocycles. The molecule has 1 fully saturated rings. The highest BCUT2D eigenvalue weighted by molar-refractivity contribution is 5.72.